The van der Waals surface area contributed by atoms with Crippen LogP contribution >= 0.6 is 11.3 Å². The Hall–Kier alpha value is -3.39. The minimum Gasteiger partial charge on any atom is -0.489 e. The Morgan fingerprint density at radius 1 is 1.03 bits per heavy atom. The van der Waals surface area contributed by atoms with Crippen LogP contribution in [0.5, 0.6) is 5.75 Å². The molecule has 3 aromatic rings. The van der Waals surface area contributed by atoms with Gasteiger partial charge >= 0.3 is 6.09 Å². The number of benzene rings is 2. The quantitative estimate of drug-likeness (QED) is 0.538. The van der Waals surface area contributed by atoms with Crippen molar-refractivity contribution in [2.24, 2.45) is 0 Å². The van der Waals surface area contributed by atoms with Crippen LogP contribution in [-0.2, 0) is 29.1 Å². The van der Waals surface area contributed by atoms with E-state index in [4.69, 9.17) is 9.47 Å². The van der Waals surface area contributed by atoms with Crippen LogP contribution in [0.1, 0.15) is 23.7 Å². The van der Waals surface area contributed by atoms with Crippen molar-refractivity contribution in [3.8, 4) is 5.75 Å². The number of carbonyl (C=O) groups is 2. The van der Waals surface area contributed by atoms with Crippen molar-refractivity contribution in [1.29, 1.82) is 0 Å². The largest absolute Gasteiger partial charge is 0.489 e. The van der Waals surface area contributed by atoms with Crippen LogP contribution in [0.25, 0.3) is 0 Å². The van der Waals surface area contributed by atoms with Crippen molar-refractivity contribution in [3.63, 3.8) is 0 Å². The Labute approximate surface area is 179 Å². The Morgan fingerprint density at radius 2 is 1.80 bits per heavy atom. The van der Waals surface area contributed by atoms with Gasteiger partial charge in [-0.15, -0.1) is 11.3 Å². The van der Waals surface area contributed by atoms with E-state index in [0.29, 0.717) is 24.0 Å². The van der Waals surface area contributed by atoms with Gasteiger partial charge in [0, 0.05) is 11.9 Å². The Balaban J connectivity index is 1.41. The molecule has 2 aromatic carbocycles. The van der Waals surface area contributed by atoms with Gasteiger partial charge in [-0.3, -0.25) is 10.1 Å². The summed E-state index contributed by atoms with van der Waals surface area (Å²) in [5.74, 6) is 0.630. The summed E-state index contributed by atoms with van der Waals surface area (Å²) < 4.78 is 10.6. The summed E-state index contributed by atoms with van der Waals surface area (Å²) >= 11 is 1.25. The van der Waals surface area contributed by atoms with Gasteiger partial charge in [0.25, 0.3) is 0 Å². The molecular formula is C22H23N3O4S. The molecule has 30 heavy (non-hydrogen) atoms. The number of nitrogens with zero attached hydrogens (tertiary/aromatic N) is 1. The van der Waals surface area contributed by atoms with Gasteiger partial charge in [-0.1, -0.05) is 42.5 Å². The van der Waals surface area contributed by atoms with Crippen molar-refractivity contribution in [3.05, 3.63) is 76.8 Å². The van der Waals surface area contributed by atoms with Crippen molar-refractivity contribution in [2.75, 3.05) is 11.9 Å². The molecule has 0 fully saturated rings. The van der Waals surface area contributed by atoms with Crippen molar-refractivity contribution in [1.82, 2.24) is 10.3 Å². The zero-order valence-electron chi connectivity index (χ0n) is 16.6. The lowest BCUT2D eigenvalue weighted by Gasteiger charge is -2.08. The molecule has 1 aromatic heterocycles. The molecular weight excluding hydrogens is 402 g/mol. The van der Waals surface area contributed by atoms with Crippen LogP contribution in [0.4, 0.5) is 9.93 Å². The zero-order chi connectivity index (χ0) is 21.2. The third-order valence-corrected chi connectivity index (χ3v) is 4.85. The van der Waals surface area contributed by atoms with Crippen LogP contribution in [0, 0.1) is 0 Å². The van der Waals surface area contributed by atoms with Gasteiger partial charge in [0.15, 0.2) is 5.13 Å². The van der Waals surface area contributed by atoms with Crippen LogP contribution < -0.4 is 15.4 Å². The van der Waals surface area contributed by atoms with E-state index in [-0.39, 0.29) is 18.9 Å². The SMILES string of the molecule is CCOC(=O)Nc1nc(CC(=O)NCc2ccc(OCc3ccccc3)cc2)cs1. The first-order valence-corrected chi connectivity index (χ1v) is 10.4. The minimum absolute atomic E-state index is 0.138. The molecule has 0 unspecified atom stereocenters. The zero-order valence-corrected chi connectivity index (χ0v) is 17.4. The van der Waals surface area contributed by atoms with E-state index in [1.54, 1.807) is 12.3 Å². The third kappa shape index (κ3) is 6.89. The van der Waals surface area contributed by atoms with Crippen LogP contribution in [-0.4, -0.2) is 23.6 Å². The predicted molar refractivity (Wildman–Crippen MR) is 116 cm³/mol. The molecule has 8 heteroatoms. The van der Waals surface area contributed by atoms with Crippen LogP contribution in [0.3, 0.4) is 0 Å². The molecule has 1 heterocycles. The smallest absolute Gasteiger partial charge is 0.413 e. The number of hydrogen-bond acceptors (Lipinski definition) is 6. The molecule has 0 saturated carbocycles. The maximum absolute atomic E-state index is 12.2. The van der Waals surface area contributed by atoms with Gasteiger partial charge in [0.2, 0.25) is 5.91 Å². The first-order chi connectivity index (χ1) is 14.6. The summed E-state index contributed by atoms with van der Waals surface area (Å²) in [7, 11) is 0. The van der Waals surface area contributed by atoms with E-state index in [1.165, 1.54) is 11.3 Å². The Morgan fingerprint density at radius 3 is 2.53 bits per heavy atom. The number of anilines is 1. The van der Waals surface area contributed by atoms with E-state index in [2.05, 4.69) is 15.6 Å². The van der Waals surface area contributed by atoms with E-state index in [0.717, 1.165) is 16.9 Å². The second kappa shape index (κ2) is 11.0. The first kappa shape index (κ1) is 21.3. The van der Waals surface area contributed by atoms with Gasteiger partial charge in [-0.25, -0.2) is 9.78 Å². The van der Waals surface area contributed by atoms with Gasteiger partial charge < -0.3 is 14.8 Å². The molecule has 2 N–H and O–H groups in total. The maximum Gasteiger partial charge on any atom is 0.413 e. The number of hydrogen-bond donors (Lipinski definition) is 2. The summed E-state index contributed by atoms with van der Waals surface area (Å²) in [6.07, 6.45) is -0.418. The van der Waals surface area contributed by atoms with Crippen LogP contribution in [0.2, 0.25) is 0 Å². The highest BCUT2D eigenvalue weighted by atomic mass is 32.1. The summed E-state index contributed by atoms with van der Waals surface area (Å²) in [5, 5.41) is 7.53. The molecule has 0 radical (unpaired) electrons. The van der Waals surface area contributed by atoms with Crippen molar-refractivity contribution < 1.29 is 19.1 Å². The molecule has 0 aliphatic rings. The summed E-state index contributed by atoms with van der Waals surface area (Å²) in [6, 6.07) is 17.6. The second-order valence-corrected chi connectivity index (χ2v) is 7.22. The highest BCUT2D eigenvalue weighted by Gasteiger charge is 2.10. The lowest BCUT2D eigenvalue weighted by molar-refractivity contribution is -0.120. The molecule has 2 amide bonds. The first-order valence-electron chi connectivity index (χ1n) is 9.53. The number of nitrogens with one attached hydrogen (secondary N) is 2. The number of rotatable bonds is 9. The van der Waals surface area contributed by atoms with E-state index in [1.807, 2.05) is 54.6 Å². The number of ether oxygens (including phenoxy) is 2. The maximum atomic E-state index is 12.2. The number of amides is 2. The van der Waals surface area contributed by atoms with Gasteiger partial charge in [-0.2, -0.15) is 0 Å². The highest BCUT2D eigenvalue weighted by Crippen LogP contribution is 2.17. The fourth-order valence-electron chi connectivity index (χ4n) is 2.57. The Kier molecular flexibility index (Phi) is 7.79. The molecule has 7 nitrogen and oxygen atoms in total. The van der Waals surface area contributed by atoms with Gasteiger partial charge in [-0.05, 0) is 30.2 Å². The van der Waals surface area contributed by atoms with Crippen molar-refractivity contribution >= 4 is 28.5 Å². The van der Waals surface area contributed by atoms with Crippen molar-refractivity contribution in [2.45, 2.75) is 26.5 Å². The molecule has 156 valence electrons. The number of carbonyl (C=O) groups excluding carboxylic acids is 2. The van der Waals surface area contributed by atoms with Crippen LogP contribution in [0.15, 0.2) is 60.0 Å². The molecule has 0 aliphatic carbocycles. The molecule has 0 aliphatic heterocycles. The van der Waals surface area contributed by atoms with E-state index < -0.39 is 6.09 Å². The lowest BCUT2D eigenvalue weighted by Crippen LogP contribution is -2.24. The summed E-state index contributed by atoms with van der Waals surface area (Å²) in [6.45, 7) is 2.93. The van der Waals surface area contributed by atoms with E-state index in [9.17, 15) is 9.59 Å². The monoisotopic (exact) mass is 425 g/mol. The lowest BCUT2D eigenvalue weighted by atomic mass is 10.2. The molecule has 0 spiro atoms. The van der Waals surface area contributed by atoms with E-state index >= 15 is 0 Å². The molecule has 0 atom stereocenters. The average Bonchev–Trinajstić information content (AvgIpc) is 3.19. The normalized spacial score (nSPS) is 10.3. The minimum atomic E-state index is -0.556. The van der Waals surface area contributed by atoms with Gasteiger partial charge in [0.1, 0.15) is 12.4 Å². The number of thiazole rings is 1. The second-order valence-electron chi connectivity index (χ2n) is 6.36. The van der Waals surface area contributed by atoms with Gasteiger partial charge in [0.05, 0.1) is 18.7 Å². The Bertz CT molecular complexity index is 958. The predicted octanol–water partition coefficient (Wildman–Crippen LogP) is 4.15. The topological polar surface area (TPSA) is 89.5 Å². The fourth-order valence-corrected chi connectivity index (χ4v) is 3.27. The fraction of sp³-hybridized carbons (Fsp3) is 0.227. The number of aromatic nitrogens is 1. The molecule has 0 bridgehead atoms. The summed E-state index contributed by atoms with van der Waals surface area (Å²) in [5.41, 5.74) is 2.67. The average molecular weight is 426 g/mol. The molecule has 3 rings (SSSR count). The summed E-state index contributed by atoms with van der Waals surface area (Å²) in [4.78, 5) is 27.8. The highest BCUT2D eigenvalue weighted by molar-refractivity contribution is 7.13. The molecule has 0 saturated heterocycles. The third-order valence-electron chi connectivity index (χ3n) is 4.04. The standard InChI is InChI=1S/C22H23N3O4S/c1-2-28-22(27)25-21-24-18(15-30-21)12-20(26)23-13-16-8-10-19(11-9-16)29-14-17-6-4-3-5-7-17/h3-11,15H,2,12-14H2,1H3,(H,23,26)(H,24,25,27).